The molecule has 9 heteroatoms. The first kappa shape index (κ1) is 15.6. The Balaban J connectivity index is 2.02. The molecule has 0 aliphatic rings. The van der Waals surface area contributed by atoms with Crippen molar-refractivity contribution in [2.45, 2.75) is 4.90 Å². The zero-order valence-electron chi connectivity index (χ0n) is 11.2. The smallest absolute Gasteiger partial charge is 0.335 e. The number of carboxylic acids is 1. The number of nitrogens with one attached hydrogen (secondary N) is 1. The Kier molecular flexibility index (Phi) is 4.49. The lowest BCUT2D eigenvalue weighted by molar-refractivity contribution is 0.0697. The Morgan fingerprint density at radius 3 is 2.14 bits per heavy atom. The number of carbonyl (C=O) groups is 1. The standard InChI is InChI=1S/C13H12N4O4S/c14-22(20,21)12-7-5-11(6-8-12)16-17-15-10-3-1-9(2-4-10)13(18)19/h1-8H,(H,15,16)(H,18,19)(H2,14,20,21). The van der Waals surface area contributed by atoms with Gasteiger partial charge in [0, 0.05) is 0 Å². The quantitative estimate of drug-likeness (QED) is 0.573. The number of carboxylic acid groups (broad SMARTS) is 1. The van der Waals surface area contributed by atoms with Gasteiger partial charge in [-0.2, -0.15) is 0 Å². The molecule has 8 nitrogen and oxygen atoms in total. The Hall–Kier alpha value is -2.78. The summed E-state index contributed by atoms with van der Waals surface area (Å²) >= 11 is 0. The van der Waals surface area contributed by atoms with Gasteiger partial charge >= 0.3 is 5.97 Å². The van der Waals surface area contributed by atoms with Gasteiger partial charge in [0.15, 0.2) is 0 Å². The number of primary sulfonamides is 1. The lowest BCUT2D eigenvalue weighted by atomic mass is 10.2. The second-order valence-corrected chi connectivity index (χ2v) is 5.79. The molecule has 0 unspecified atom stereocenters. The maximum atomic E-state index is 11.1. The Morgan fingerprint density at radius 2 is 1.64 bits per heavy atom. The first-order valence-electron chi connectivity index (χ1n) is 5.99. The van der Waals surface area contributed by atoms with Crippen LogP contribution in [0.25, 0.3) is 0 Å². The molecule has 2 rings (SSSR count). The van der Waals surface area contributed by atoms with Crippen molar-refractivity contribution in [2.75, 3.05) is 5.43 Å². The first-order valence-corrected chi connectivity index (χ1v) is 7.54. The third-order valence-electron chi connectivity index (χ3n) is 2.64. The summed E-state index contributed by atoms with van der Waals surface area (Å²) in [6.45, 7) is 0. The summed E-state index contributed by atoms with van der Waals surface area (Å²) < 4.78 is 22.2. The molecule has 0 saturated heterocycles. The Morgan fingerprint density at radius 1 is 1.05 bits per heavy atom. The van der Waals surface area contributed by atoms with Crippen LogP contribution in [0.3, 0.4) is 0 Å². The van der Waals surface area contributed by atoms with Gasteiger partial charge in [0.2, 0.25) is 10.0 Å². The fourth-order valence-electron chi connectivity index (χ4n) is 1.53. The topological polar surface area (TPSA) is 134 Å². The Bertz CT molecular complexity index is 799. The van der Waals surface area contributed by atoms with E-state index in [2.05, 4.69) is 15.8 Å². The molecule has 0 fully saturated rings. The van der Waals surface area contributed by atoms with Crippen LogP contribution in [-0.2, 0) is 10.0 Å². The first-order chi connectivity index (χ1) is 10.4. The van der Waals surface area contributed by atoms with Gasteiger partial charge in [0.1, 0.15) is 0 Å². The van der Waals surface area contributed by atoms with Crippen LogP contribution >= 0.6 is 0 Å². The van der Waals surface area contributed by atoms with Crippen molar-refractivity contribution in [1.82, 2.24) is 0 Å². The van der Waals surface area contributed by atoms with Crippen LogP contribution in [0.5, 0.6) is 0 Å². The summed E-state index contributed by atoms with van der Waals surface area (Å²) in [5.41, 5.74) is 3.79. The van der Waals surface area contributed by atoms with E-state index < -0.39 is 16.0 Å². The lowest BCUT2D eigenvalue weighted by Gasteiger charge is -2.00. The van der Waals surface area contributed by atoms with Crippen LogP contribution in [0.2, 0.25) is 0 Å². The SMILES string of the molecule is NS(=O)(=O)c1ccc(N=NNc2ccc(C(=O)O)cc2)cc1. The normalized spacial score (nSPS) is 11.5. The minimum absolute atomic E-state index is 0.0105. The predicted molar refractivity (Wildman–Crippen MR) is 79.4 cm³/mol. The minimum Gasteiger partial charge on any atom is -0.478 e. The molecule has 0 aromatic heterocycles. The van der Waals surface area contributed by atoms with Crippen LogP contribution in [-0.4, -0.2) is 19.5 Å². The molecule has 0 saturated carbocycles. The minimum atomic E-state index is -3.73. The zero-order chi connectivity index (χ0) is 16.2. The van der Waals surface area contributed by atoms with E-state index in [1.54, 1.807) is 12.1 Å². The fraction of sp³-hybridized carbons (Fsp3) is 0. The molecule has 0 spiro atoms. The van der Waals surface area contributed by atoms with Crippen molar-refractivity contribution in [1.29, 1.82) is 0 Å². The van der Waals surface area contributed by atoms with E-state index in [1.165, 1.54) is 36.4 Å². The van der Waals surface area contributed by atoms with Gasteiger partial charge in [-0.25, -0.2) is 18.4 Å². The summed E-state index contributed by atoms with van der Waals surface area (Å²) in [6, 6.07) is 11.5. The summed E-state index contributed by atoms with van der Waals surface area (Å²) in [7, 11) is -3.73. The highest BCUT2D eigenvalue weighted by Crippen LogP contribution is 2.16. The molecule has 0 aliphatic heterocycles. The number of aromatic carboxylic acids is 1. The van der Waals surface area contributed by atoms with Gasteiger partial charge in [0.25, 0.3) is 0 Å². The summed E-state index contributed by atoms with van der Waals surface area (Å²) in [5, 5.41) is 21.3. The van der Waals surface area contributed by atoms with Crippen molar-refractivity contribution in [3.05, 3.63) is 54.1 Å². The summed E-state index contributed by atoms with van der Waals surface area (Å²) in [6.07, 6.45) is 0. The number of rotatable bonds is 5. The molecule has 0 atom stereocenters. The van der Waals surface area contributed by atoms with Gasteiger partial charge < -0.3 is 5.11 Å². The molecular weight excluding hydrogens is 308 g/mol. The monoisotopic (exact) mass is 320 g/mol. The van der Waals surface area contributed by atoms with Gasteiger partial charge in [-0.05, 0) is 48.5 Å². The van der Waals surface area contributed by atoms with E-state index in [4.69, 9.17) is 10.2 Å². The molecule has 114 valence electrons. The van der Waals surface area contributed by atoms with Crippen LogP contribution in [0.1, 0.15) is 10.4 Å². The van der Waals surface area contributed by atoms with Crippen LogP contribution < -0.4 is 10.6 Å². The van der Waals surface area contributed by atoms with Crippen molar-refractivity contribution >= 4 is 27.4 Å². The van der Waals surface area contributed by atoms with E-state index >= 15 is 0 Å². The van der Waals surface area contributed by atoms with E-state index in [1.807, 2.05) is 0 Å². The number of nitrogens with two attached hydrogens (primary N) is 1. The number of nitrogens with zero attached hydrogens (tertiary/aromatic N) is 2. The second kappa shape index (κ2) is 6.33. The number of hydrogen-bond donors (Lipinski definition) is 3. The molecule has 2 aromatic carbocycles. The average molecular weight is 320 g/mol. The van der Waals surface area contributed by atoms with Crippen LogP contribution in [0.4, 0.5) is 11.4 Å². The molecule has 2 aromatic rings. The molecule has 0 bridgehead atoms. The number of anilines is 1. The molecule has 22 heavy (non-hydrogen) atoms. The van der Waals surface area contributed by atoms with E-state index in [9.17, 15) is 13.2 Å². The molecule has 0 aliphatic carbocycles. The van der Waals surface area contributed by atoms with Gasteiger partial charge in [-0.1, -0.05) is 5.22 Å². The highest BCUT2D eigenvalue weighted by atomic mass is 32.2. The van der Waals surface area contributed by atoms with Crippen molar-refractivity contribution in [3.63, 3.8) is 0 Å². The predicted octanol–water partition coefficient (Wildman–Crippen LogP) is 2.14. The van der Waals surface area contributed by atoms with Crippen molar-refractivity contribution in [3.8, 4) is 0 Å². The zero-order valence-corrected chi connectivity index (χ0v) is 12.0. The lowest BCUT2D eigenvalue weighted by Crippen LogP contribution is -2.11. The molecule has 0 amide bonds. The van der Waals surface area contributed by atoms with E-state index in [0.717, 1.165) is 0 Å². The summed E-state index contributed by atoms with van der Waals surface area (Å²) in [5.74, 6) is -1.01. The van der Waals surface area contributed by atoms with Crippen LogP contribution in [0.15, 0.2) is 63.8 Å². The fourth-order valence-corrected chi connectivity index (χ4v) is 2.05. The van der Waals surface area contributed by atoms with Crippen molar-refractivity contribution in [2.24, 2.45) is 15.5 Å². The average Bonchev–Trinajstić information content (AvgIpc) is 2.47. The maximum Gasteiger partial charge on any atom is 0.335 e. The Labute approximate surface area is 126 Å². The third-order valence-corrected chi connectivity index (χ3v) is 3.57. The molecule has 0 heterocycles. The number of benzene rings is 2. The van der Waals surface area contributed by atoms with Crippen LogP contribution in [0, 0.1) is 0 Å². The highest BCUT2D eigenvalue weighted by Gasteiger charge is 2.06. The largest absolute Gasteiger partial charge is 0.478 e. The molecule has 4 N–H and O–H groups in total. The van der Waals surface area contributed by atoms with Gasteiger partial charge in [-0.3, -0.25) is 5.43 Å². The summed E-state index contributed by atoms with van der Waals surface area (Å²) in [4.78, 5) is 10.7. The van der Waals surface area contributed by atoms with E-state index in [0.29, 0.717) is 11.4 Å². The number of sulfonamides is 1. The highest BCUT2D eigenvalue weighted by molar-refractivity contribution is 7.89. The second-order valence-electron chi connectivity index (χ2n) is 4.23. The molecular formula is C13H12N4O4S. The van der Waals surface area contributed by atoms with Gasteiger partial charge in [0.05, 0.1) is 21.8 Å². The van der Waals surface area contributed by atoms with Crippen molar-refractivity contribution < 1.29 is 18.3 Å². The number of hydrogen-bond acceptors (Lipinski definition) is 5. The molecule has 0 radical (unpaired) electrons. The third kappa shape index (κ3) is 4.11. The van der Waals surface area contributed by atoms with Gasteiger partial charge in [-0.15, -0.1) is 5.11 Å². The van der Waals surface area contributed by atoms with E-state index in [-0.39, 0.29) is 10.5 Å². The maximum absolute atomic E-state index is 11.1.